The molecule has 0 spiro atoms. The summed E-state index contributed by atoms with van der Waals surface area (Å²) in [5, 5.41) is 2.06. The van der Waals surface area contributed by atoms with Crippen LogP contribution in [0.5, 0.6) is 0 Å². The summed E-state index contributed by atoms with van der Waals surface area (Å²) >= 11 is 7.09. The highest BCUT2D eigenvalue weighted by Crippen LogP contribution is 2.38. The van der Waals surface area contributed by atoms with Gasteiger partial charge in [-0.3, -0.25) is 9.10 Å². The van der Waals surface area contributed by atoms with E-state index >= 15 is 0 Å². The van der Waals surface area contributed by atoms with Crippen molar-refractivity contribution in [3.8, 4) is 0 Å². The number of thioether (sulfide) groups is 1. The monoisotopic (exact) mass is 528 g/mol. The van der Waals surface area contributed by atoms with Crippen molar-refractivity contribution >= 4 is 50.7 Å². The summed E-state index contributed by atoms with van der Waals surface area (Å²) in [7, 11) is -4.39. The third-order valence-electron chi connectivity index (χ3n) is 4.82. The van der Waals surface area contributed by atoms with E-state index in [9.17, 15) is 26.4 Å². The minimum atomic E-state index is -4.81. The van der Waals surface area contributed by atoms with Gasteiger partial charge in [0.1, 0.15) is 6.54 Å². The van der Waals surface area contributed by atoms with Crippen LogP contribution in [0, 0.1) is 6.92 Å². The van der Waals surface area contributed by atoms with E-state index in [1.165, 1.54) is 23.9 Å². The molecule has 0 aliphatic heterocycles. The lowest BCUT2D eigenvalue weighted by atomic mass is 10.2. The fourth-order valence-corrected chi connectivity index (χ4v) is 5.30. The lowest BCUT2D eigenvalue weighted by Crippen LogP contribution is -2.38. The number of carbonyl (C=O) groups excluding carboxylic acids is 1. The molecular formula is C23H20ClF3N2O3S2. The largest absolute Gasteiger partial charge is 0.417 e. The molecule has 0 fully saturated rings. The molecule has 180 valence electrons. The van der Waals surface area contributed by atoms with Gasteiger partial charge in [-0.25, -0.2) is 8.42 Å². The quantitative estimate of drug-likeness (QED) is 0.369. The molecule has 0 aromatic heterocycles. The van der Waals surface area contributed by atoms with Crippen LogP contribution in [0.25, 0.3) is 0 Å². The molecule has 11 heteroatoms. The van der Waals surface area contributed by atoms with Gasteiger partial charge in [-0.2, -0.15) is 13.2 Å². The van der Waals surface area contributed by atoms with E-state index in [1.54, 1.807) is 43.3 Å². The molecule has 3 aromatic carbocycles. The minimum absolute atomic E-state index is 0.168. The zero-order valence-corrected chi connectivity index (χ0v) is 20.4. The molecule has 3 aromatic rings. The first-order chi connectivity index (χ1) is 15.9. The Labute approximate surface area is 205 Å². The Balaban J connectivity index is 2.06. The number of anilines is 2. The fourth-order valence-electron chi connectivity index (χ4n) is 3.11. The molecule has 5 nitrogen and oxygen atoms in total. The molecule has 1 N–H and O–H groups in total. The SMILES string of the molecule is CSc1ccccc1NC(=O)CN(c1ccc(Cl)c(C(F)(F)F)c1)S(=O)(=O)c1ccc(C)cc1. The lowest BCUT2D eigenvalue weighted by Gasteiger charge is -2.25. The second kappa shape index (κ2) is 10.3. The molecule has 0 radical (unpaired) electrons. The van der Waals surface area contributed by atoms with Gasteiger partial charge in [0, 0.05) is 4.90 Å². The van der Waals surface area contributed by atoms with E-state index in [0.29, 0.717) is 16.1 Å². The van der Waals surface area contributed by atoms with Gasteiger partial charge in [-0.1, -0.05) is 41.4 Å². The van der Waals surface area contributed by atoms with E-state index in [-0.39, 0.29) is 10.6 Å². The number of para-hydroxylation sites is 1. The third kappa shape index (κ3) is 5.86. The Bertz CT molecular complexity index is 1300. The van der Waals surface area contributed by atoms with Crippen molar-refractivity contribution in [2.75, 3.05) is 22.4 Å². The predicted octanol–water partition coefficient (Wildman–Crippen LogP) is 6.22. The van der Waals surface area contributed by atoms with E-state index in [4.69, 9.17) is 11.6 Å². The van der Waals surface area contributed by atoms with Gasteiger partial charge < -0.3 is 5.32 Å². The molecule has 0 saturated carbocycles. The maximum atomic E-state index is 13.5. The summed E-state index contributed by atoms with van der Waals surface area (Å²) in [6, 6.07) is 15.4. The number of rotatable bonds is 7. The van der Waals surface area contributed by atoms with Crippen LogP contribution < -0.4 is 9.62 Å². The molecule has 1 amide bonds. The number of carbonyl (C=O) groups is 1. The number of hydrogen-bond acceptors (Lipinski definition) is 4. The average Bonchev–Trinajstić information content (AvgIpc) is 2.78. The van der Waals surface area contributed by atoms with Crippen molar-refractivity contribution in [1.29, 1.82) is 0 Å². The van der Waals surface area contributed by atoms with Crippen molar-refractivity contribution in [2.24, 2.45) is 0 Å². The highest BCUT2D eigenvalue weighted by Gasteiger charge is 2.35. The lowest BCUT2D eigenvalue weighted by molar-refractivity contribution is -0.137. The Hall–Kier alpha value is -2.69. The summed E-state index contributed by atoms with van der Waals surface area (Å²) in [6.07, 6.45) is -3.00. The number of sulfonamides is 1. The van der Waals surface area contributed by atoms with Crippen molar-refractivity contribution in [2.45, 2.75) is 22.9 Å². The van der Waals surface area contributed by atoms with Crippen LogP contribution in [0.2, 0.25) is 5.02 Å². The molecule has 0 unspecified atom stereocenters. The first-order valence-electron chi connectivity index (χ1n) is 9.82. The smallest absolute Gasteiger partial charge is 0.323 e. The Morgan fingerprint density at radius 1 is 1.06 bits per heavy atom. The number of aryl methyl sites for hydroxylation is 1. The van der Waals surface area contributed by atoms with Gasteiger partial charge >= 0.3 is 6.18 Å². The summed E-state index contributed by atoms with van der Waals surface area (Å²) in [6.45, 7) is 1.01. The van der Waals surface area contributed by atoms with Gasteiger partial charge in [0.25, 0.3) is 10.0 Å². The fraction of sp³-hybridized carbons (Fsp3) is 0.174. The number of nitrogens with zero attached hydrogens (tertiary/aromatic N) is 1. The van der Waals surface area contributed by atoms with Crippen LogP contribution in [0.1, 0.15) is 11.1 Å². The third-order valence-corrected chi connectivity index (χ3v) is 7.73. The molecule has 3 rings (SSSR count). The standard InChI is InChI=1S/C23H20ClF3N2O3S2/c1-15-7-10-17(11-8-15)34(31,32)29(16-9-12-19(24)18(13-16)23(25,26)27)14-22(30)28-20-5-3-4-6-21(20)33-2/h3-13H,14H2,1-2H3,(H,28,30). The maximum Gasteiger partial charge on any atom is 0.417 e. The van der Waals surface area contributed by atoms with Crippen molar-refractivity contribution in [1.82, 2.24) is 0 Å². The van der Waals surface area contributed by atoms with E-state index in [2.05, 4.69) is 5.32 Å². The van der Waals surface area contributed by atoms with Gasteiger partial charge in [0.05, 0.1) is 26.9 Å². The zero-order chi connectivity index (χ0) is 25.1. The number of nitrogens with one attached hydrogen (secondary N) is 1. The van der Waals surface area contributed by atoms with E-state index in [1.807, 2.05) is 6.26 Å². The van der Waals surface area contributed by atoms with Crippen molar-refractivity contribution in [3.05, 3.63) is 82.9 Å². The first-order valence-corrected chi connectivity index (χ1v) is 12.9. The molecule has 0 aliphatic carbocycles. The van der Waals surface area contributed by atoms with Crippen molar-refractivity contribution < 1.29 is 26.4 Å². The maximum absolute atomic E-state index is 13.5. The van der Waals surface area contributed by atoms with Gasteiger partial charge in [-0.05, 0) is 55.6 Å². The molecule has 0 bridgehead atoms. The number of amides is 1. The molecule has 0 saturated heterocycles. The normalized spacial score (nSPS) is 11.8. The van der Waals surface area contributed by atoms with E-state index < -0.39 is 39.2 Å². The van der Waals surface area contributed by atoms with Crippen LogP contribution in [0.15, 0.2) is 76.5 Å². The molecule has 0 atom stereocenters. The van der Waals surface area contributed by atoms with Crippen molar-refractivity contribution in [3.63, 3.8) is 0 Å². The van der Waals surface area contributed by atoms with Gasteiger partial charge in [0.15, 0.2) is 0 Å². The highest BCUT2D eigenvalue weighted by molar-refractivity contribution is 7.98. The summed E-state index contributed by atoms with van der Waals surface area (Å²) in [5.74, 6) is -0.722. The number of hydrogen-bond donors (Lipinski definition) is 1. The van der Waals surface area contributed by atoms with Gasteiger partial charge in [-0.15, -0.1) is 11.8 Å². The molecule has 0 aliphatic rings. The Morgan fingerprint density at radius 3 is 2.32 bits per heavy atom. The number of benzene rings is 3. The second-order valence-corrected chi connectivity index (χ2v) is 10.4. The predicted molar refractivity (Wildman–Crippen MR) is 129 cm³/mol. The number of alkyl halides is 3. The Kier molecular flexibility index (Phi) is 7.84. The molecule has 0 heterocycles. The molecular weight excluding hydrogens is 509 g/mol. The number of halogens is 4. The average molecular weight is 529 g/mol. The molecule has 34 heavy (non-hydrogen) atoms. The first kappa shape index (κ1) is 25.9. The topological polar surface area (TPSA) is 66.5 Å². The van der Waals surface area contributed by atoms with Crippen LogP contribution >= 0.6 is 23.4 Å². The summed E-state index contributed by atoms with van der Waals surface area (Å²) in [4.78, 5) is 13.4. The van der Waals surface area contributed by atoms with Crippen LogP contribution in [0.4, 0.5) is 24.5 Å². The van der Waals surface area contributed by atoms with Gasteiger partial charge in [0.2, 0.25) is 5.91 Å². The summed E-state index contributed by atoms with van der Waals surface area (Å²) < 4.78 is 67.9. The minimum Gasteiger partial charge on any atom is -0.323 e. The van der Waals surface area contributed by atoms with Crippen LogP contribution in [0.3, 0.4) is 0 Å². The highest BCUT2D eigenvalue weighted by atomic mass is 35.5. The van der Waals surface area contributed by atoms with Crippen LogP contribution in [-0.2, 0) is 21.0 Å². The Morgan fingerprint density at radius 2 is 1.71 bits per heavy atom. The summed E-state index contributed by atoms with van der Waals surface area (Å²) in [5.41, 5.74) is -0.294. The second-order valence-electron chi connectivity index (χ2n) is 7.24. The zero-order valence-electron chi connectivity index (χ0n) is 18.1. The van der Waals surface area contributed by atoms with Crippen LogP contribution in [-0.4, -0.2) is 27.1 Å². The van der Waals surface area contributed by atoms with E-state index in [0.717, 1.165) is 22.6 Å².